The molecular formula is C35H34O4. The number of rotatable bonds is 8. The number of aryl methyl sites for hydroxylation is 1. The molecule has 4 aromatic rings. The van der Waals surface area contributed by atoms with Gasteiger partial charge in [-0.2, -0.15) is 0 Å². The maximum absolute atomic E-state index is 13.5. The molecule has 4 aromatic carbocycles. The van der Waals surface area contributed by atoms with Gasteiger partial charge in [-0.05, 0) is 66.1 Å². The van der Waals surface area contributed by atoms with Crippen LogP contribution in [0.5, 0.6) is 11.5 Å². The van der Waals surface area contributed by atoms with Gasteiger partial charge in [-0.3, -0.25) is 0 Å². The second-order valence-electron chi connectivity index (χ2n) is 10.1. The van der Waals surface area contributed by atoms with Crippen molar-refractivity contribution in [3.8, 4) is 22.6 Å². The van der Waals surface area contributed by atoms with E-state index in [2.05, 4.69) is 13.0 Å². The molecule has 1 aliphatic carbocycles. The number of carbonyl (C=O) groups excluding carboxylic acids is 2. The third kappa shape index (κ3) is 6.12. The summed E-state index contributed by atoms with van der Waals surface area (Å²) in [6.07, 6.45) is 7.31. The van der Waals surface area contributed by atoms with Gasteiger partial charge in [0.05, 0.1) is 11.1 Å². The molecule has 0 radical (unpaired) electrons. The highest BCUT2D eigenvalue weighted by atomic mass is 16.6. The Labute approximate surface area is 230 Å². The molecule has 1 fully saturated rings. The summed E-state index contributed by atoms with van der Waals surface area (Å²) in [5, 5.41) is 0. The zero-order valence-electron chi connectivity index (χ0n) is 22.4. The molecule has 0 aromatic heterocycles. The molecule has 4 nitrogen and oxygen atoms in total. The number of carbonyl (C=O) groups is 2. The minimum absolute atomic E-state index is 0.325. The molecule has 0 atom stereocenters. The predicted octanol–water partition coefficient (Wildman–Crippen LogP) is 8.79. The standard InChI is InChI=1S/C35H34O4/c1-2-15-29-24-30(25-16-7-3-8-17-25)31(26-18-9-4-10-19-26)33(39-35(37)28-22-13-6-14-23-28)32(29)38-34(36)27-20-11-5-12-21-27/h4-6,9-14,18-25H,2-3,7-8,15-17H2,1H3. The van der Waals surface area contributed by atoms with Crippen molar-refractivity contribution in [1.82, 2.24) is 0 Å². The maximum atomic E-state index is 13.5. The first-order valence-corrected chi connectivity index (χ1v) is 13.9. The molecule has 39 heavy (non-hydrogen) atoms. The van der Waals surface area contributed by atoms with Crippen LogP contribution in [0.25, 0.3) is 11.1 Å². The van der Waals surface area contributed by atoms with Gasteiger partial charge >= 0.3 is 11.9 Å². The van der Waals surface area contributed by atoms with Gasteiger partial charge in [-0.15, -0.1) is 0 Å². The van der Waals surface area contributed by atoms with Crippen molar-refractivity contribution in [2.45, 2.75) is 57.8 Å². The Bertz CT molecular complexity index is 1410. The van der Waals surface area contributed by atoms with Crippen LogP contribution in [0.15, 0.2) is 97.1 Å². The summed E-state index contributed by atoms with van der Waals surface area (Å²) in [7, 11) is 0. The average molecular weight is 519 g/mol. The molecule has 0 heterocycles. The van der Waals surface area contributed by atoms with E-state index in [0.29, 0.717) is 35.0 Å². The molecule has 5 rings (SSSR count). The van der Waals surface area contributed by atoms with E-state index in [-0.39, 0.29) is 0 Å². The van der Waals surface area contributed by atoms with Crippen molar-refractivity contribution in [1.29, 1.82) is 0 Å². The van der Waals surface area contributed by atoms with Crippen LogP contribution >= 0.6 is 0 Å². The summed E-state index contributed by atoms with van der Waals surface area (Å²) in [6, 6.07) is 30.1. The maximum Gasteiger partial charge on any atom is 0.343 e. The van der Waals surface area contributed by atoms with Crippen LogP contribution in [-0.4, -0.2) is 11.9 Å². The van der Waals surface area contributed by atoms with Crippen molar-refractivity contribution in [3.05, 3.63) is 119 Å². The number of hydrogen-bond acceptors (Lipinski definition) is 4. The average Bonchev–Trinajstić information content (AvgIpc) is 3.00. The molecule has 0 spiro atoms. The van der Waals surface area contributed by atoms with E-state index in [1.54, 1.807) is 24.3 Å². The largest absolute Gasteiger partial charge is 0.419 e. The lowest BCUT2D eigenvalue weighted by molar-refractivity contribution is 0.0681. The van der Waals surface area contributed by atoms with E-state index in [1.165, 1.54) is 24.8 Å². The minimum Gasteiger partial charge on any atom is -0.419 e. The summed E-state index contributed by atoms with van der Waals surface area (Å²) in [4.78, 5) is 26.8. The molecule has 1 aliphatic rings. The van der Waals surface area contributed by atoms with Crippen molar-refractivity contribution in [2.75, 3.05) is 0 Å². The number of hydrogen-bond donors (Lipinski definition) is 0. The van der Waals surface area contributed by atoms with Crippen LogP contribution in [0.2, 0.25) is 0 Å². The molecule has 4 heteroatoms. The number of esters is 2. The molecule has 0 saturated heterocycles. The van der Waals surface area contributed by atoms with Gasteiger partial charge in [-0.25, -0.2) is 9.59 Å². The van der Waals surface area contributed by atoms with Crippen LogP contribution in [0.1, 0.15) is 83.2 Å². The smallest absolute Gasteiger partial charge is 0.343 e. The number of ether oxygens (including phenoxy) is 2. The van der Waals surface area contributed by atoms with E-state index >= 15 is 0 Å². The Hall–Kier alpha value is -4.18. The SMILES string of the molecule is CCCc1cc(C2CCCCC2)c(-c2ccccc2)c(OC(=O)c2ccccc2)c1OC(=O)c1ccccc1. The summed E-state index contributed by atoms with van der Waals surface area (Å²) in [5.41, 5.74) is 4.71. The highest BCUT2D eigenvalue weighted by Gasteiger charge is 2.30. The Balaban J connectivity index is 1.73. The fourth-order valence-corrected chi connectivity index (χ4v) is 5.47. The highest BCUT2D eigenvalue weighted by Crippen LogP contribution is 2.49. The lowest BCUT2D eigenvalue weighted by atomic mass is 9.79. The van der Waals surface area contributed by atoms with Gasteiger partial charge in [0.1, 0.15) is 0 Å². The zero-order valence-corrected chi connectivity index (χ0v) is 22.4. The lowest BCUT2D eigenvalue weighted by Crippen LogP contribution is -2.16. The molecule has 0 amide bonds. The Kier molecular flexibility index (Phi) is 8.52. The van der Waals surface area contributed by atoms with E-state index in [1.807, 2.05) is 66.7 Å². The van der Waals surface area contributed by atoms with Crippen molar-refractivity contribution in [3.63, 3.8) is 0 Å². The van der Waals surface area contributed by atoms with Gasteiger partial charge in [0.15, 0.2) is 11.5 Å². The zero-order chi connectivity index (χ0) is 27.0. The van der Waals surface area contributed by atoms with Crippen molar-refractivity contribution in [2.24, 2.45) is 0 Å². The Morgan fingerprint density at radius 1 is 0.692 bits per heavy atom. The second kappa shape index (κ2) is 12.6. The molecule has 0 aliphatic heterocycles. The Morgan fingerprint density at radius 3 is 1.74 bits per heavy atom. The van der Waals surface area contributed by atoms with Crippen LogP contribution in [0, 0.1) is 0 Å². The van der Waals surface area contributed by atoms with Crippen LogP contribution in [-0.2, 0) is 6.42 Å². The molecule has 198 valence electrons. The van der Waals surface area contributed by atoms with Gasteiger partial charge in [0.25, 0.3) is 0 Å². The summed E-state index contributed by atoms with van der Waals surface area (Å²) >= 11 is 0. The lowest BCUT2D eigenvalue weighted by Gasteiger charge is -2.28. The topological polar surface area (TPSA) is 52.6 Å². The van der Waals surface area contributed by atoms with E-state index in [4.69, 9.17) is 9.47 Å². The third-order valence-corrected chi connectivity index (χ3v) is 7.38. The molecule has 1 saturated carbocycles. The van der Waals surface area contributed by atoms with Crippen molar-refractivity contribution >= 4 is 11.9 Å². The first-order valence-electron chi connectivity index (χ1n) is 13.9. The normalized spacial score (nSPS) is 13.6. The first-order chi connectivity index (χ1) is 19.2. The third-order valence-electron chi connectivity index (χ3n) is 7.38. The fourth-order valence-electron chi connectivity index (χ4n) is 5.47. The quantitative estimate of drug-likeness (QED) is 0.173. The van der Waals surface area contributed by atoms with Gasteiger partial charge in [0.2, 0.25) is 0 Å². The monoisotopic (exact) mass is 518 g/mol. The molecule has 0 unspecified atom stereocenters. The summed E-state index contributed by atoms with van der Waals surface area (Å²) in [6.45, 7) is 2.10. The Morgan fingerprint density at radius 2 is 1.21 bits per heavy atom. The highest BCUT2D eigenvalue weighted by molar-refractivity contribution is 5.95. The fraction of sp³-hybridized carbons (Fsp3) is 0.257. The van der Waals surface area contributed by atoms with E-state index < -0.39 is 11.9 Å². The molecule has 0 N–H and O–H groups in total. The number of benzene rings is 4. The van der Waals surface area contributed by atoms with E-state index in [9.17, 15) is 9.59 Å². The minimum atomic E-state index is -0.479. The second-order valence-corrected chi connectivity index (χ2v) is 10.1. The molecular weight excluding hydrogens is 484 g/mol. The van der Waals surface area contributed by atoms with Gasteiger partial charge in [0, 0.05) is 5.56 Å². The summed E-state index contributed by atoms with van der Waals surface area (Å²) < 4.78 is 12.4. The van der Waals surface area contributed by atoms with Gasteiger partial charge in [-0.1, -0.05) is 105 Å². The predicted molar refractivity (Wildman–Crippen MR) is 154 cm³/mol. The van der Waals surface area contributed by atoms with Crippen LogP contribution < -0.4 is 9.47 Å². The van der Waals surface area contributed by atoms with Crippen LogP contribution in [0.4, 0.5) is 0 Å². The van der Waals surface area contributed by atoms with Gasteiger partial charge < -0.3 is 9.47 Å². The van der Waals surface area contributed by atoms with E-state index in [0.717, 1.165) is 36.0 Å². The summed E-state index contributed by atoms with van der Waals surface area (Å²) in [5.74, 6) is 0.0410. The van der Waals surface area contributed by atoms with Crippen LogP contribution in [0.3, 0.4) is 0 Å². The first kappa shape index (κ1) is 26.4. The van der Waals surface area contributed by atoms with Crippen molar-refractivity contribution < 1.29 is 19.1 Å². The molecule has 0 bridgehead atoms.